The number of anilines is 1. The monoisotopic (exact) mass is 353 g/mol. The van der Waals surface area contributed by atoms with Crippen molar-refractivity contribution in [3.63, 3.8) is 0 Å². The van der Waals surface area contributed by atoms with E-state index in [9.17, 15) is 4.79 Å². The number of carbonyl (C=O) groups is 1. The number of para-hydroxylation sites is 2. The number of hydrogen-bond acceptors (Lipinski definition) is 3. The lowest BCUT2D eigenvalue weighted by atomic mass is 10.2. The largest absolute Gasteiger partial charge is 0.489 e. The Morgan fingerprint density at radius 2 is 1.78 bits per heavy atom. The van der Waals surface area contributed by atoms with Crippen molar-refractivity contribution < 1.29 is 14.3 Å². The van der Waals surface area contributed by atoms with E-state index in [1.54, 1.807) is 30.3 Å². The molecule has 0 radical (unpaired) electrons. The molecule has 0 bridgehead atoms. The maximum Gasteiger partial charge on any atom is 0.255 e. The van der Waals surface area contributed by atoms with Crippen LogP contribution < -0.4 is 10.1 Å². The minimum Gasteiger partial charge on any atom is -0.489 e. The van der Waals surface area contributed by atoms with Crippen molar-refractivity contribution in [2.45, 2.75) is 6.92 Å². The molecule has 0 saturated carbocycles. The Morgan fingerprint density at radius 1 is 1.09 bits per heavy atom. The van der Waals surface area contributed by atoms with Gasteiger partial charge in [0.25, 0.3) is 5.91 Å². The summed E-state index contributed by atoms with van der Waals surface area (Å²) in [6.45, 7) is 3.45. The highest BCUT2D eigenvalue weighted by molar-refractivity contribution is 6.35. The molecule has 23 heavy (non-hydrogen) atoms. The molecule has 0 aliphatic heterocycles. The van der Waals surface area contributed by atoms with E-state index in [0.717, 1.165) is 0 Å². The summed E-state index contributed by atoms with van der Waals surface area (Å²) in [4.78, 5) is 12.3. The van der Waals surface area contributed by atoms with Gasteiger partial charge in [0.1, 0.15) is 12.4 Å². The Kier molecular flexibility index (Phi) is 6.71. The Bertz CT molecular complexity index is 656. The first kappa shape index (κ1) is 17.6. The van der Waals surface area contributed by atoms with Crippen LogP contribution in [0.5, 0.6) is 5.75 Å². The van der Waals surface area contributed by atoms with Crippen LogP contribution in [0.3, 0.4) is 0 Å². The Morgan fingerprint density at radius 3 is 2.48 bits per heavy atom. The fraction of sp³-hybridized carbons (Fsp3) is 0.235. The van der Waals surface area contributed by atoms with Gasteiger partial charge in [0.15, 0.2) is 0 Å². The van der Waals surface area contributed by atoms with Gasteiger partial charge in [-0.25, -0.2) is 0 Å². The van der Waals surface area contributed by atoms with Gasteiger partial charge in [0.05, 0.1) is 12.3 Å². The van der Waals surface area contributed by atoms with Crippen molar-refractivity contribution >= 4 is 34.8 Å². The van der Waals surface area contributed by atoms with Gasteiger partial charge in [0.2, 0.25) is 0 Å². The SMILES string of the molecule is CCOCCOc1ccccc1NC(=O)c1cc(Cl)cc(Cl)c1. The Hall–Kier alpha value is -1.75. The standard InChI is InChI=1S/C17H17Cl2NO3/c1-2-22-7-8-23-16-6-4-3-5-15(16)20-17(21)12-9-13(18)11-14(19)10-12/h3-6,9-11H,2,7-8H2,1H3,(H,20,21). The molecule has 0 aliphatic rings. The molecule has 1 amide bonds. The predicted octanol–water partition coefficient (Wildman–Crippen LogP) is 4.66. The summed E-state index contributed by atoms with van der Waals surface area (Å²) in [5.74, 6) is 0.268. The zero-order chi connectivity index (χ0) is 16.7. The van der Waals surface area contributed by atoms with E-state index in [2.05, 4.69) is 5.32 Å². The minimum atomic E-state index is -0.310. The molecular weight excluding hydrogens is 337 g/mol. The lowest BCUT2D eigenvalue weighted by Gasteiger charge is -2.12. The summed E-state index contributed by atoms with van der Waals surface area (Å²) in [5.41, 5.74) is 0.955. The maximum atomic E-state index is 12.3. The summed E-state index contributed by atoms with van der Waals surface area (Å²) >= 11 is 11.8. The molecule has 2 aromatic carbocycles. The molecule has 0 aliphatic carbocycles. The normalized spacial score (nSPS) is 10.4. The van der Waals surface area contributed by atoms with Crippen LogP contribution in [-0.2, 0) is 4.74 Å². The van der Waals surface area contributed by atoms with Crippen molar-refractivity contribution in [3.05, 3.63) is 58.1 Å². The molecule has 0 aromatic heterocycles. The van der Waals surface area contributed by atoms with Crippen molar-refractivity contribution in [2.75, 3.05) is 25.1 Å². The number of amides is 1. The first-order valence-electron chi connectivity index (χ1n) is 7.17. The number of carbonyl (C=O) groups excluding carboxylic acids is 1. The lowest BCUT2D eigenvalue weighted by Crippen LogP contribution is -2.14. The van der Waals surface area contributed by atoms with Gasteiger partial charge in [0, 0.05) is 22.2 Å². The van der Waals surface area contributed by atoms with E-state index in [-0.39, 0.29) is 5.91 Å². The van der Waals surface area contributed by atoms with Crippen LogP contribution >= 0.6 is 23.2 Å². The molecule has 0 heterocycles. The van der Waals surface area contributed by atoms with Crippen LogP contribution in [0.15, 0.2) is 42.5 Å². The third kappa shape index (κ3) is 5.43. The fourth-order valence-electron chi connectivity index (χ4n) is 1.93. The zero-order valence-corrected chi connectivity index (χ0v) is 14.2. The van der Waals surface area contributed by atoms with Gasteiger partial charge in [-0.1, -0.05) is 35.3 Å². The fourth-order valence-corrected chi connectivity index (χ4v) is 2.46. The molecule has 0 atom stereocenters. The number of benzene rings is 2. The maximum absolute atomic E-state index is 12.3. The summed E-state index contributed by atoms with van der Waals surface area (Å²) in [7, 11) is 0. The second-order valence-corrected chi connectivity index (χ2v) is 5.53. The lowest BCUT2D eigenvalue weighted by molar-refractivity contribution is 0.102. The summed E-state index contributed by atoms with van der Waals surface area (Å²) in [6.07, 6.45) is 0. The molecule has 122 valence electrons. The van der Waals surface area contributed by atoms with Gasteiger partial charge in [-0.3, -0.25) is 4.79 Å². The van der Waals surface area contributed by atoms with Crippen molar-refractivity contribution in [1.29, 1.82) is 0 Å². The van der Waals surface area contributed by atoms with Gasteiger partial charge in [-0.2, -0.15) is 0 Å². The van der Waals surface area contributed by atoms with E-state index in [4.69, 9.17) is 32.7 Å². The number of ether oxygens (including phenoxy) is 2. The molecule has 6 heteroatoms. The minimum absolute atomic E-state index is 0.310. The summed E-state index contributed by atoms with van der Waals surface area (Å²) < 4.78 is 10.9. The van der Waals surface area contributed by atoms with Crippen LogP contribution in [0.2, 0.25) is 10.0 Å². The highest BCUT2D eigenvalue weighted by Gasteiger charge is 2.11. The second-order valence-electron chi connectivity index (χ2n) is 4.65. The van der Waals surface area contributed by atoms with Gasteiger partial charge in [-0.15, -0.1) is 0 Å². The highest BCUT2D eigenvalue weighted by atomic mass is 35.5. The molecule has 2 rings (SSSR count). The van der Waals surface area contributed by atoms with E-state index >= 15 is 0 Å². The molecule has 0 fully saturated rings. The number of nitrogens with one attached hydrogen (secondary N) is 1. The third-order valence-corrected chi connectivity index (χ3v) is 3.39. The molecular formula is C17H17Cl2NO3. The number of rotatable bonds is 7. The van der Waals surface area contributed by atoms with Crippen LogP contribution in [0.25, 0.3) is 0 Å². The Labute approximate surface area is 145 Å². The summed E-state index contributed by atoms with van der Waals surface area (Å²) in [5, 5.41) is 3.61. The van der Waals surface area contributed by atoms with E-state index in [1.165, 1.54) is 0 Å². The van der Waals surface area contributed by atoms with Gasteiger partial charge in [-0.05, 0) is 37.3 Å². The first-order chi connectivity index (χ1) is 11.1. The second kappa shape index (κ2) is 8.77. The Balaban J connectivity index is 2.08. The van der Waals surface area contributed by atoms with Crippen molar-refractivity contribution in [3.8, 4) is 5.75 Å². The third-order valence-electron chi connectivity index (χ3n) is 2.95. The van der Waals surface area contributed by atoms with Crippen LogP contribution in [0, 0.1) is 0 Å². The topological polar surface area (TPSA) is 47.6 Å². The smallest absolute Gasteiger partial charge is 0.255 e. The molecule has 0 saturated heterocycles. The van der Waals surface area contributed by atoms with Crippen molar-refractivity contribution in [2.24, 2.45) is 0 Å². The molecule has 4 nitrogen and oxygen atoms in total. The first-order valence-corrected chi connectivity index (χ1v) is 7.92. The van der Waals surface area contributed by atoms with E-state index < -0.39 is 0 Å². The quantitative estimate of drug-likeness (QED) is 0.736. The van der Waals surface area contributed by atoms with Crippen LogP contribution in [0.1, 0.15) is 17.3 Å². The molecule has 2 aromatic rings. The van der Waals surface area contributed by atoms with Crippen LogP contribution in [-0.4, -0.2) is 25.7 Å². The van der Waals surface area contributed by atoms with E-state index in [0.29, 0.717) is 46.9 Å². The number of halogens is 2. The molecule has 0 spiro atoms. The average molecular weight is 354 g/mol. The predicted molar refractivity (Wildman–Crippen MR) is 92.8 cm³/mol. The van der Waals surface area contributed by atoms with Gasteiger partial charge < -0.3 is 14.8 Å². The van der Waals surface area contributed by atoms with E-state index in [1.807, 2.05) is 19.1 Å². The zero-order valence-electron chi connectivity index (χ0n) is 12.6. The van der Waals surface area contributed by atoms with Crippen LogP contribution in [0.4, 0.5) is 5.69 Å². The highest BCUT2D eigenvalue weighted by Crippen LogP contribution is 2.25. The van der Waals surface area contributed by atoms with Gasteiger partial charge >= 0.3 is 0 Å². The number of hydrogen-bond donors (Lipinski definition) is 1. The van der Waals surface area contributed by atoms with Crippen molar-refractivity contribution in [1.82, 2.24) is 0 Å². The molecule has 0 unspecified atom stereocenters. The average Bonchev–Trinajstić information content (AvgIpc) is 2.52. The summed E-state index contributed by atoms with van der Waals surface area (Å²) in [6, 6.07) is 11.9. The molecule has 1 N–H and O–H groups in total.